The molecule has 1 aliphatic heterocycles. The molecule has 0 radical (unpaired) electrons. The van der Waals surface area contributed by atoms with Crippen molar-refractivity contribution in [2.75, 3.05) is 44.0 Å². The van der Waals surface area contributed by atoms with Crippen LogP contribution in [0.4, 0.5) is 11.4 Å². The minimum Gasteiger partial charge on any atom is -0.497 e. The summed E-state index contributed by atoms with van der Waals surface area (Å²) in [6.07, 6.45) is 0. The third-order valence-electron chi connectivity index (χ3n) is 6.36. The Kier molecular flexibility index (Phi) is 7.57. The van der Waals surface area contributed by atoms with Gasteiger partial charge in [0.15, 0.2) is 0 Å². The lowest BCUT2D eigenvalue weighted by molar-refractivity contribution is 0.0696. The number of hydrogen-bond donors (Lipinski definition) is 2. The zero-order valence-electron chi connectivity index (χ0n) is 20.6. The molecular weight excluding hydrogens is 454 g/mol. The van der Waals surface area contributed by atoms with E-state index < -0.39 is 5.97 Å². The summed E-state index contributed by atoms with van der Waals surface area (Å²) >= 11 is 0. The summed E-state index contributed by atoms with van der Waals surface area (Å²) in [5, 5.41) is 12.2. The molecular formula is C29H29N3O4. The number of aromatic carboxylic acids is 1. The van der Waals surface area contributed by atoms with Crippen molar-refractivity contribution in [2.24, 2.45) is 0 Å². The van der Waals surface area contributed by atoms with Crippen molar-refractivity contribution in [1.29, 1.82) is 0 Å². The monoisotopic (exact) mass is 483 g/mol. The first-order chi connectivity index (χ1) is 17.3. The molecule has 0 aromatic heterocycles. The van der Waals surface area contributed by atoms with Crippen molar-refractivity contribution in [3.05, 3.63) is 89.0 Å². The number of carbonyl (C=O) groups excluding carboxylic acids is 1. The Morgan fingerprint density at radius 3 is 2.39 bits per heavy atom. The maximum atomic E-state index is 13.1. The normalized spacial score (nSPS) is 15.5. The molecule has 0 unspecified atom stereocenters. The average molecular weight is 484 g/mol. The van der Waals surface area contributed by atoms with E-state index in [1.807, 2.05) is 18.2 Å². The molecule has 4 rings (SSSR count). The maximum Gasteiger partial charge on any atom is 0.335 e. The molecule has 0 aliphatic carbocycles. The first-order valence-electron chi connectivity index (χ1n) is 11.7. The highest BCUT2D eigenvalue weighted by Gasteiger charge is 2.23. The Morgan fingerprint density at radius 2 is 1.69 bits per heavy atom. The molecule has 2 N–H and O–H groups in total. The number of rotatable bonds is 5. The summed E-state index contributed by atoms with van der Waals surface area (Å²) in [5.74, 6) is 5.62. The number of carboxylic acid groups (broad SMARTS) is 1. The van der Waals surface area contributed by atoms with Crippen LogP contribution in [0, 0.1) is 11.8 Å². The van der Waals surface area contributed by atoms with Gasteiger partial charge in [0.1, 0.15) is 5.75 Å². The van der Waals surface area contributed by atoms with Crippen molar-refractivity contribution >= 4 is 23.3 Å². The molecule has 1 saturated heterocycles. The number of amides is 1. The van der Waals surface area contributed by atoms with Crippen LogP contribution in [0.2, 0.25) is 0 Å². The van der Waals surface area contributed by atoms with E-state index in [2.05, 4.69) is 40.9 Å². The second-order valence-electron chi connectivity index (χ2n) is 8.83. The minimum absolute atomic E-state index is 0.217. The van der Waals surface area contributed by atoms with Gasteiger partial charge in [0.25, 0.3) is 5.91 Å². The summed E-state index contributed by atoms with van der Waals surface area (Å²) in [7, 11) is 3.69. The second kappa shape index (κ2) is 11.0. The van der Waals surface area contributed by atoms with E-state index in [1.165, 1.54) is 12.1 Å². The van der Waals surface area contributed by atoms with Crippen LogP contribution in [0.5, 0.6) is 5.75 Å². The van der Waals surface area contributed by atoms with Gasteiger partial charge in [-0.2, -0.15) is 0 Å². The van der Waals surface area contributed by atoms with Crippen LogP contribution in [-0.2, 0) is 0 Å². The second-order valence-corrected chi connectivity index (χ2v) is 8.83. The molecule has 1 amide bonds. The molecule has 1 heterocycles. The van der Waals surface area contributed by atoms with Crippen LogP contribution in [0.25, 0.3) is 0 Å². The van der Waals surface area contributed by atoms with Crippen molar-refractivity contribution in [1.82, 2.24) is 4.90 Å². The van der Waals surface area contributed by atoms with Gasteiger partial charge < -0.3 is 25.0 Å². The van der Waals surface area contributed by atoms with Gasteiger partial charge in [0.05, 0.1) is 24.0 Å². The summed E-state index contributed by atoms with van der Waals surface area (Å²) in [6, 6.07) is 19.7. The predicted octanol–water partition coefficient (Wildman–Crippen LogP) is 4.19. The van der Waals surface area contributed by atoms with Gasteiger partial charge >= 0.3 is 5.97 Å². The van der Waals surface area contributed by atoms with Crippen molar-refractivity contribution in [3.63, 3.8) is 0 Å². The van der Waals surface area contributed by atoms with Gasteiger partial charge in [0.2, 0.25) is 0 Å². The largest absolute Gasteiger partial charge is 0.497 e. The molecule has 3 aromatic rings. The first kappa shape index (κ1) is 24.8. The van der Waals surface area contributed by atoms with Gasteiger partial charge in [-0.05, 0) is 74.6 Å². The van der Waals surface area contributed by atoms with E-state index in [0.717, 1.165) is 30.9 Å². The number of carbonyl (C=O) groups is 2. The SMILES string of the molecule is COc1cccc(C(=O)Nc2cc(C#Cc3ccc(C(=O)O)cc3)ccc2N2CCN(C)[C@@H](C)C2)c1. The quantitative estimate of drug-likeness (QED) is 0.530. The topological polar surface area (TPSA) is 82.1 Å². The van der Waals surface area contributed by atoms with Crippen LogP contribution in [-0.4, -0.2) is 61.7 Å². The third kappa shape index (κ3) is 5.85. The number of carboxylic acids is 1. The van der Waals surface area contributed by atoms with Crippen LogP contribution < -0.4 is 15.0 Å². The standard InChI is InChI=1S/C29H29N3O4/c1-20-19-32(16-15-31(20)2)27-14-11-22(8-7-21-9-12-23(13-10-21)29(34)35)17-26(27)30-28(33)24-5-4-6-25(18-24)36-3/h4-6,9-14,17-18,20H,15-16,19H2,1-3H3,(H,30,33)(H,34,35)/t20-/m0/s1. The number of piperazine rings is 1. The van der Waals surface area contributed by atoms with Gasteiger partial charge in [-0.15, -0.1) is 0 Å². The van der Waals surface area contributed by atoms with E-state index in [-0.39, 0.29) is 11.5 Å². The number of anilines is 2. The molecule has 7 nitrogen and oxygen atoms in total. The fourth-order valence-electron chi connectivity index (χ4n) is 4.06. The number of benzene rings is 3. The Hall–Kier alpha value is -4.28. The summed E-state index contributed by atoms with van der Waals surface area (Å²) < 4.78 is 5.27. The van der Waals surface area contributed by atoms with Gasteiger partial charge in [-0.3, -0.25) is 4.79 Å². The number of nitrogens with zero attached hydrogens (tertiary/aromatic N) is 2. The smallest absolute Gasteiger partial charge is 0.335 e. The van der Waals surface area contributed by atoms with E-state index in [1.54, 1.807) is 43.5 Å². The van der Waals surface area contributed by atoms with E-state index >= 15 is 0 Å². The average Bonchev–Trinajstić information content (AvgIpc) is 2.89. The fraction of sp³-hybridized carbons (Fsp3) is 0.241. The summed E-state index contributed by atoms with van der Waals surface area (Å²) in [4.78, 5) is 28.8. The first-order valence-corrected chi connectivity index (χ1v) is 11.7. The molecule has 7 heteroatoms. The molecule has 1 aliphatic rings. The number of nitrogens with one attached hydrogen (secondary N) is 1. The summed E-state index contributed by atoms with van der Waals surface area (Å²) in [5.41, 5.74) is 3.80. The molecule has 0 saturated carbocycles. The zero-order valence-corrected chi connectivity index (χ0v) is 20.6. The fourth-order valence-corrected chi connectivity index (χ4v) is 4.06. The van der Waals surface area contributed by atoms with Crippen LogP contribution in [0.3, 0.4) is 0 Å². The van der Waals surface area contributed by atoms with Crippen molar-refractivity contribution < 1.29 is 19.4 Å². The maximum absolute atomic E-state index is 13.1. The Bertz CT molecular complexity index is 1320. The predicted molar refractivity (Wildman–Crippen MR) is 141 cm³/mol. The van der Waals surface area contributed by atoms with Crippen molar-refractivity contribution in [3.8, 4) is 17.6 Å². The number of methoxy groups -OCH3 is 1. The molecule has 36 heavy (non-hydrogen) atoms. The molecule has 184 valence electrons. The van der Waals surface area contributed by atoms with Gasteiger partial charge in [-0.1, -0.05) is 17.9 Å². The lowest BCUT2D eigenvalue weighted by atomic mass is 10.1. The Morgan fingerprint density at radius 1 is 0.972 bits per heavy atom. The van der Waals surface area contributed by atoms with E-state index in [4.69, 9.17) is 9.84 Å². The third-order valence-corrected chi connectivity index (χ3v) is 6.36. The highest BCUT2D eigenvalue weighted by Crippen LogP contribution is 2.30. The van der Waals surface area contributed by atoms with Crippen molar-refractivity contribution in [2.45, 2.75) is 13.0 Å². The van der Waals surface area contributed by atoms with Gasteiger partial charge in [0, 0.05) is 42.4 Å². The van der Waals surface area contributed by atoms with E-state index in [0.29, 0.717) is 28.6 Å². The Balaban J connectivity index is 1.64. The Labute approximate surface area is 211 Å². The van der Waals surface area contributed by atoms with Crippen LogP contribution >= 0.6 is 0 Å². The van der Waals surface area contributed by atoms with Gasteiger partial charge in [-0.25, -0.2) is 4.79 Å². The zero-order chi connectivity index (χ0) is 25.7. The molecule has 1 atom stereocenters. The molecule has 3 aromatic carbocycles. The highest BCUT2D eigenvalue weighted by atomic mass is 16.5. The molecule has 1 fully saturated rings. The lowest BCUT2D eigenvalue weighted by Gasteiger charge is -2.39. The summed E-state index contributed by atoms with van der Waals surface area (Å²) in [6.45, 7) is 4.82. The van der Waals surface area contributed by atoms with Crippen LogP contribution in [0.1, 0.15) is 38.8 Å². The van der Waals surface area contributed by atoms with Crippen LogP contribution in [0.15, 0.2) is 66.7 Å². The number of likely N-dealkylation sites (N-methyl/N-ethyl adjacent to an activating group) is 1. The molecule has 0 bridgehead atoms. The number of hydrogen-bond acceptors (Lipinski definition) is 5. The van der Waals surface area contributed by atoms with E-state index in [9.17, 15) is 9.59 Å². The lowest BCUT2D eigenvalue weighted by Crippen LogP contribution is -2.50. The number of ether oxygens (including phenoxy) is 1. The highest BCUT2D eigenvalue weighted by molar-refractivity contribution is 6.06. The minimum atomic E-state index is -0.972. The molecule has 0 spiro atoms.